The van der Waals surface area contributed by atoms with Crippen LogP contribution in [0.3, 0.4) is 0 Å². The van der Waals surface area contributed by atoms with Crippen LogP contribution in [-0.2, 0) is 10.0 Å². The fraction of sp³-hybridized carbons (Fsp3) is 0.136. The zero-order chi connectivity index (χ0) is 20.9. The number of hydrazone groups is 1. The van der Waals surface area contributed by atoms with Crippen molar-refractivity contribution >= 4 is 27.1 Å². The van der Waals surface area contributed by atoms with Gasteiger partial charge in [0.05, 0.1) is 23.4 Å². The summed E-state index contributed by atoms with van der Waals surface area (Å²) in [5.41, 5.74) is 7.10. The minimum absolute atomic E-state index is 0.177. The molecule has 2 N–H and O–H groups in total. The van der Waals surface area contributed by atoms with Crippen LogP contribution < -0.4 is 14.9 Å². The van der Waals surface area contributed by atoms with Gasteiger partial charge in [-0.1, -0.05) is 24.3 Å². The van der Waals surface area contributed by atoms with Gasteiger partial charge < -0.3 is 4.74 Å². The molecule has 0 amide bonds. The summed E-state index contributed by atoms with van der Waals surface area (Å²) in [6.45, 7) is 3.88. The first-order valence-corrected chi connectivity index (χ1v) is 10.5. The van der Waals surface area contributed by atoms with Crippen molar-refractivity contribution < 1.29 is 13.2 Å². The minimum atomic E-state index is -3.68. The standard InChI is InChI=1S/C22H23N3O3S/c1-16-5-4-6-20(15-16)24-23-17(2)18-7-13-22(14-8-18)29(26,27)25-19-9-11-21(28-3)12-10-19/h4-15,24-25H,1-3H3/b23-17-. The van der Waals surface area contributed by atoms with E-state index in [2.05, 4.69) is 15.2 Å². The number of nitrogens with zero attached hydrogens (tertiary/aromatic N) is 1. The zero-order valence-electron chi connectivity index (χ0n) is 16.5. The number of hydrogen-bond donors (Lipinski definition) is 2. The van der Waals surface area contributed by atoms with E-state index in [0.29, 0.717) is 11.4 Å². The van der Waals surface area contributed by atoms with E-state index in [-0.39, 0.29) is 4.90 Å². The topological polar surface area (TPSA) is 79.8 Å². The molecule has 0 saturated carbocycles. The van der Waals surface area contributed by atoms with Gasteiger partial charge in [0.2, 0.25) is 0 Å². The van der Waals surface area contributed by atoms with Gasteiger partial charge in [0.25, 0.3) is 10.0 Å². The molecule has 0 fully saturated rings. The molecule has 29 heavy (non-hydrogen) atoms. The largest absolute Gasteiger partial charge is 0.497 e. The van der Waals surface area contributed by atoms with Crippen molar-refractivity contribution in [1.29, 1.82) is 0 Å². The van der Waals surface area contributed by atoms with Gasteiger partial charge in [-0.3, -0.25) is 10.1 Å². The number of nitrogens with one attached hydrogen (secondary N) is 2. The SMILES string of the molecule is COc1ccc(NS(=O)(=O)c2ccc(/C(C)=N\Nc3cccc(C)c3)cc2)cc1. The third kappa shape index (κ3) is 5.36. The Morgan fingerprint density at radius 2 is 1.62 bits per heavy atom. The van der Waals surface area contributed by atoms with E-state index >= 15 is 0 Å². The number of rotatable bonds is 7. The molecule has 0 heterocycles. The maximum Gasteiger partial charge on any atom is 0.261 e. The Hall–Kier alpha value is -3.32. The quantitative estimate of drug-likeness (QED) is 0.440. The molecular weight excluding hydrogens is 386 g/mol. The van der Waals surface area contributed by atoms with E-state index in [1.165, 1.54) is 0 Å². The zero-order valence-corrected chi connectivity index (χ0v) is 17.3. The van der Waals surface area contributed by atoms with Crippen LogP contribution in [0.5, 0.6) is 5.75 Å². The van der Waals surface area contributed by atoms with Crippen molar-refractivity contribution in [1.82, 2.24) is 0 Å². The lowest BCUT2D eigenvalue weighted by molar-refractivity contribution is 0.415. The Morgan fingerprint density at radius 3 is 2.24 bits per heavy atom. The van der Waals surface area contributed by atoms with Gasteiger partial charge >= 0.3 is 0 Å². The highest BCUT2D eigenvalue weighted by Gasteiger charge is 2.14. The summed E-state index contributed by atoms with van der Waals surface area (Å²) in [4.78, 5) is 0.177. The molecule has 0 atom stereocenters. The fourth-order valence-corrected chi connectivity index (χ4v) is 3.73. The first-order chi connectivity index (χ1) is 13.9. The molecule has 3 rings (SSSR count). The lowest BCUT2D eigenvalue weighted by Crippen LogP contribution is -2.13. The maximum absolute atomic E-state index is 12.6. The highest BCUT2D eigenvalue weighted by molar-refractivity contribution is 7.92. The Balaban J connectivity index is 1.71. The number of sulfonamides is 1. The Bertz CT molecular complexity index is 1110. The first kappa shape index (κ1) is 20.4. The molecule has 0 aliphatic heterocycles. The van der Waals surface area contributed by atoms with Crippen molar-refractivity contribution in [3.05, 3.63) is 83.9 Å². The second-order valence-corrected chi connectivity index (χ2v) is 8.22. The van der Waals surface area contributed by atoms with Crippen molar-refractivity contribution in [3.8, 4) is 5.75 Å². The monoisotopic (exact) mass is 409 g/mol. The van der Waals surface area contributed by atoms with Gasteiger partial charge in [0, 0.05) is 5.69 Å². The average Bonchev–Trinajstić information content (AvgIpc) is 2.72. The normalized spacial score (nSPS) is 11.8. The van der Waals surface area contributed by atoms with Gasteiger partial charge in [0.1, 0.15) is 5.75 Å². The molecule has 7 heteroatoms. The van der Waals surface area contributed by atoms with Crippen molar-refractivity contribution in [2.75, 3.05) is 17.3 Å². The molecule has 0 aromatic heterocycles. The molecule has 0 spiro atoms. The summed E-state index contributed by atoms with van der Waals surface area (Å²) >= 11 is 0. The van der Waals surface area contributed by atoms with E-state index < -0.39 is 10.0 Å². The molecule has 0 bridgehead atoms. The van der Waals surface area contributed by atoms with Crippen LogP contribution in [0, 0.1) is 6.92 Å². The Labute approximate surface area is 171 Å². The molecule has 0 unspecified atom stereocenters. The summed E-state index contributed by atoms with van der Waals surface area (Å²) in [7, 11) is -2.12. The van der Waals surface area contributed by atoms with E-state index in [0.717, 1.165) is 22.5 Å². The predicted molar refractivity (Wildman–Crippen MR) is 117 cm³/mol. The first-order valence-electron chi connectivity index (χ1n) is 9.02. The van der Waals surface area contributed by atoms with Gasteiger partial charge in [-0.15, -0.1) is 0 Å². The highest BCUT2D eigenvalue weighted by Crippen LogP contribution is 2.20. The van der Waals surface area contributed by atoms with Crippen LogP contribution in [0.2, 0.25) is 0 Å². The number of methoxy groups -OCH3 is 1. The maximum atomic E-state index is 12.6. The highest BCUT2D eigenvalue weighted by atomic mass is 32.2. The molecule has 0 radical (unpaired) electrons. The number of aryl methyl sites for hydroxylation is 1. The van der Waals surface area contributed by atoms with Gasteiger partial charge in [-0.25, -0.2) is 8.42 Å². The summed E-state index contributed by atoms with van der Waals surface area (Å²) in [6.07, 6.45) is 0. The predicted octanol–water partition coefficient (Wildman–Crippen LogP) is 4.64. The Morgan fingerprint density at radius 1 is 0.931 bits per heavy atom. The molecule has 6 nitrogen and oxygen atoms in total. The van der Waals surface area contributed by atoms with E-state index in [4.69, 9.17) is 4.74 Å². The van der Waals surface area contributed by atoms with Crippen LogP contribution in [0.1, 0.15) is 18.1 Å². The van der Waals surface area contributed by atoms with Crippen molar-refractivity contribution in [3.63, 3.8) is 0 Å². The lowest BCUT2D eigenvalue weighted by Gasteiger charge is -2.10. The van der Waals surface area contributed by atoms with Crippen LogP contribution >= 0.6 is 0 Å². The second kappa shape index (κ2) is 8.79. The molecule has 3 aromatic carbocycles. The number of benzene rings is 3. The van der Waals surface area contributed by atoms with E-state index in [1.807, 2.05) is 38.1 Å². The summed E-state index contributed by atoms with van der Waals surface area (Å²) in [5.74, 6) is 0.659. The number of anilines is 2. The summed E-state index contributed by atoms with van der Waals surface area (Å²) in [5, 5.41) is 4.37. The third-order valence-corrected chi connectivity index (χ3v) is 5.69. The molecule has 0 aliphatic carbocycles. The van der Waals surface area contributed by atoms with Crippen LogP contribution in [-0.4, -0.2) is 21.2 Å². The summed E-state index contributed by atoms with van der Waals surface area (Å²) in [6, 6.07) is 21.2. The van der Waals surface area contributed by atoms with Crippen LogP contribution in [0.25, 0.3) is 0 Å². The van der Waals surface area contributed by atoms with Crippen LogP contribution in [0.15, 0.2) is 82.8 Å². The fourth-order valence-electron chi connectivity index (χ4n) is 2.68. The van der Waals surface area contributed by atoms with E-state index in [1.54, 1.807) is 55.6 Å². The molecule has 3 aromatic rings. The average molecular weight is 410 g/mol. The third-order valence-electron chi connectivity index (χ3n) is 4.30. The van der Waals surface area contributed by atoms with Gasteiger partial charge in [-0.05, 0) is 73.5 Å². The number of ether oxygens (including phenoxy) is 1. The van der Waals surface area contributed by atoms with E-state index in [9.17, 15) is 8.42 Å². The van der Waals surface area contributed by atoms with Crippen molar-refractivity contribution in [2.24, 2.45) is 5.10 Å². The molecule has 0 aliphatic rings. The van der Waals surface area contributed by atoms with Gasteiger partial charge in [-0.2, -0.15) is 5.10 Å². The summed E-state index contributed by atoms with van der Waals surface area (Å²) < 4.78 is 32.8. The molecule has 150 valence electrons. The minimum Gasteiger partial charge on any atom is -0.497 e. The smallest absolute Gasteiger partial charge is 0.261 e. The second-order valence-electron chi connectivity index (χ2n) is 6.54. The van der Waals surface area contributed by atoms with Crippen molar-refractivity contribution in [2.45, 2.75) is 18.7 Å². The molecular formula is C22H23N3O3S. The number of hydrogen-bond acceptors (Lipinski definition) is 5. The lowest BCUT2D eigenvalue weighted by atomic mass is 10.1. The molecule has 0 saturated heterocycles. The Kier molecular flexibility index (Phi) is 6.19. The van der Waals surface area contributed by atoms with Crippen LogP contribution in [0.4, 0.5) is 11.4 Å². The van der Waals surface area contributed by atoms with Gasteiger partial charge in [0.15, 0.2) is 0 Å².